The fourth-order valence-corrected chi connectivity index (χ4v) is 3.77. The van der Waals surface area contributed by atoms with Crippen molar-refractivity contribution in [2.24, 2.45) is 0 Å². The smallest absolute Gasteiger partial charge is 0.335 e. The largest absolute Gasteiger partial charge is 0.478 e. The lowest BCUT2D eigenvalue weighted by molar-refractivity contribution is -0.132. The van der Waals surface area contributed by atoms with Gasteiger partial charge in [-0.1, -0.05) is 47.5 Å². The minimum Gasteiger partial charge on any atom is -0.478 e. The van der Waals surface area contributed by atoms with Gasteiger partial charge in [0.1, 0.15) is 0 Å². The lowest BCUT2D eigenvalue weighted by atomic mass is 10.0. The van der Waals surface area contributed by atoms with Crippen LogP contribution in [0, 0.1) is 0 Å². The molecular weight excluding hydrogens is 373 g/mol. The zero-order chi connectivity index (χ0) is 18.7. The van der Waals surface area contributed by atoms with Crippen LogP contribution in [0.1, 0.15) is 46.8 Å². The number of likely N-dealkylation sites (tertiary alicyclic amines) is 1. The third-order valence-electron chi connectivity index (χ3n) is 4.76. The molecule has 0 bridgehead atoms. The zero-order valence-corrected chi connectivity index (χ0v) is 15.6. The summed E-state index contributed by atoms with van der Waals surface area (Å²) in [4.78, 5) is 25.9. The van der Waals surface area contributed by atoms with Crippen LogP contribution in [0.25, 0.3) is 0 Å². The molecule has 0 aromatic heterocycles. The topological polar surface area (TPSA) is 57.6 Å². The molecule has 1 amide bonds. The van der Waals surface area contributed by atoms with Gasteiger partial charge < -0.3 is 10.0 Å². The molecular formula is C20H19Cl2NO3. The first-order valence-electron chi connectivity index (χ1n) is 8.53. The molecule has 26 heavy (non-hydrogen) atoms. The summed E-state index contributed by atoms with van der Waals surface area (Å²) in [7, 11) is 0. The van der Waals surface area contributed by atoms with Gasteiger partial charge in [-0.15, -0.1) is 0 Å². The second-order valence-corrected chi connectivity index (χ2v) is 7.20. The van der Waals surface area contributed by atoms with E-state index in [0.29, 0.717) is 28.6 Å². The first-order valence-corrected chi connectivity index (χ1v) is 9.28. The lowest BCUT2D eigenvalue weighted by Crippen LogP contribution is -2.30. The van der Waals surface area contributed by atoms with Gasteiger partial charge in [-0.25, -0.2) is 4.79 Å². The van der Waals surface area contributed by atoms with Crippen LogP contribution >= 0.6 is 23.2 Å². The van der Waals surface area contributed by atoms with Crippen LogP contribution < -0.4 is 0 Å². The SMILES string of the molecule is O=C(O)c1ccccc1CCC(=O)N1CCCC1c1ccc(Cl)c(Cl)c1. The predicted molar refractivity (Wildman–Crippen MR) is 102 cm³/mol. The third-order valence-corrected chi connectivity index (χ3v) is 5.50. The Kier molecular flexibility index (Phi) is 5.84. The number of carbonyl (C=O) groups is 2. The van der Waals surface area contributed by atoms with Gasteiger partial charge in [-0.05, 0) is 48.6 Å². The zero-order valence-electron chi connectivity index (χ0n) is 14.1. The summed E-state index contributed by atoms with van der Waals surface area (Å²) in [5.74, 6) is -0.943. The number of nitrogens with zero attached hydrogens (tertiary/aromatic N) is 1. The predicted octanol–water partition coefficient (Wildman–Crippen LogP) is 4.99. The van der Waals surface area contributed by atoms with Crippen LogP contribution in [0.4, 0.5) is 0 Å². The van der Waals surface area contributed by atoms with Crippen molar-refractivity contribution < 1.29 is 14.7 Å². The molecule has 1 aliphatic heterocycles. The van der Waals surface area contributed by atoms with E-state index in [4.69, 9.17) is 23.2 Å². The number of hydrogen-bond acceptors (Lipinski definition) is 2. The third kappa shape index (κ3) is 4.02. The first-order chi connectivity index (χ1) is 12.5. The molecule has 1 heterocycles. The lowest BCUT2D eigenvalue weighted by Gasteiger charge is -2.25. The fraction of sp³-hybridized carbons (Fsp3) is 0.300. The van der Waals surface area contributed by atoms with Crippen molar-refractivity contribution >= 4 is 35.1 Å². The maximum Gasteiger partial charge on any atom is 0.335 e. The quantitative estimate of drug-likeness (QED) is 0.780. The maximum absolute atomic E-state index is 12.8. The van der Waals surface area contributed by atoms with E-state index in [9.17, 15) is 14.7 Å². The molecule has 2 aromatic rings. The molecule has 1 saturated heterocycles. The minimum absolute atomic E-state index is 0.00742. The van der Waals surface area contributed by atoms with Crippen molar-refractivity contribution in [3.63, 3.8) is 0 Å². The van der Waals surface area contributed by atoms with Gasteiger partial charge in [-0.2, -0.15) is 0 Å². The van der Waals surface area contributed by atoms with Crippen molar-refractivity contribution in [3.8, 4) is 0 Å². The number of aryl methyl sites for hydroxylation is 1. The molecule has 1 unspecified atom stereocenters. The summed E-state index contributed by atoms with van der Waals surface area (Å²) in [5.41, 5.74) is 1.91. The van der Waals surface area contributed by atoms with Crippen molar-refractivity contribution in [2.75, 3.05) is 6.54 Å². The summed E-state index contributed by atoms with van der Waals surface area (Å²) in [6.07, 6.45) is 2.51. The number of rotatable bonds is 5. The first kappa shape index (κ1) is 18.7. The van der Waals surface area contributed by atoms with E-state index in [-0.39, 0.29) is 23.9 Å². The molecule has 1 atom stereocenters. The summed E-state index contributed by atoms with van der Waals surface area (Å²) in [6, 6.07) is 12.3. The van der Waals surface area contributed by atoms with E-state index >= 15 is 0 Å². The fourth-order valence-electron chi connectivity index (χ4n) is 3.46. The number of amides is 1. The van der Waals surface area contributed by atoms with Crippen molar-refractivity contribution in [3.05, 3.63) is 69.2 Å². The Labute approximate surface area is 162 Å². The highest BCUT2D eigenvalue weighted by Gasteiger charge is 2.30. The number of benzene rings is 2. The van der Waals surface area contributed by atoms with Crippen molar-refractivity contribution in [1.82, 2.24) is 4.90 Å². The molecule has 0 saturated carbocycles. The maximum atomic E-state index is 12.8. The Morgan fingerprint density at radius 3 is 2.62 bits per heavy atom. The van der Waals surface area contributed by atoms with Crippen LogP contribution in [0.2, 0.25) is 10.0 Å². The van der Waals surface area contributed by atoms with Gasteiger partial charge in [0.2, 0.25) is 5.91 Å². The van der Waals surface area contributed by atoms with Crippen LogP contribution in [0.3, 0.4) is 0 Å². The Morgan fingerprint density at radius 2 is 1.88 bits per heavy atom. The molecule has 1 fully saturated rings. The van der Waals surface area contributed by atoms with Crippen molar-refractivity contribution in [2.45, 2.75) is 31.7 Å². The molecule has 1 N–H and O–H groups in total. The molecule has 3 rings (SSSR count). The summed E-state index contributed by atoms with van der Waals surface area (Å²) in [5, 5.41) is 10.2. The molecule has 0 aliphatic carbocycles. The van der Waals surface area contributed by atoms with E-state index < -0.39 is 5.97 Å². The molecule has 1 aliphatic rings. The molecule has 0 spiro atoms. The average Bonchev–Trinajstić information content (AvgIpc) is 3.12. The molecule has 0 radical (unpaired) electrons. The van der Waals surface area contributed by atoms with E-state index in [0.717, 1.165) is 18.4 Å². The Morgan fingerprint density at radius 1 is 1.12 bits per heavy atom. The Hall–Kier alpha value is -2.04. The number of aromatic carboxylic acids is 1. The van der Waals surface area contributed by atoms with E-state index in [1.165, 1.54) is 0 Å². The van der Waals surface area contributed by atoms with Gasteiger partial charge in [-0.3, -0.25) is 4.79 Å². The average molecular weight is 392 g/mol. The summed E-state index contributed by atoms with van der Waals surface area (Å²) >= 11 is 12.1. The van der Waals surface area contributed by atoms with Gasteiger partial charge in [0.05, 0.1) is 21.7 Å². The summed E-state index contributed by atoms with van der Waals surface area (Å²) in [6.45, 7) is 0.699. The number of carboxylic acid groups (broad SMARTS) is 1. The van der Waals surface area contributed by atoms with E-state index in [1.54, 1.807) is 30.3 Å². The van der Waals surface area contributed by atoms with Crippen LogP contribution in [0.15, 0.2) is 42.5 Å². The van der Waals surface area contributed by atoms with Gasteiger partial charge in [0.25, 0.3) is 0 Å². The van der Waals surface area contributed by atoms with E-state index in [2.05, 4.69) is 0 Å². The number of carbonyl (C=O) groups excluding carboxylic acids is 1. The Bertz CT molecular complexity index is 838. The highest BCUT2D eigenvalue weighted by Crippen LogP contribution is 2.35. The monoisotopic (exact) mass is 391 g/mol. The normalized spacial score (nSPS) is 16.7. The molecule has 2 aromatic carbocycles. The highest BCUT2D eigenvalue weighted by atomic mass is 35.5. The number of hydrogen-bond donors (Lipinski definition) is 1. The summed E-state index contributed by atoms with van der Waals surface area (Å²) < 4.78 is 0. The van der Waals surface area contributed by atoms with Crippen LogP contribution in [-0.4, -0.2) is 28.4 Å². The second kappa shape index (κ2) is 8.11. The van der Waals surface area contributed by atoms with Crippen molar-refractivity contribution in [1.29, 1.82) is 0 Å². The van der Waals surface area contributed by atoms with Crippen LogP contribution in [-0.2, 0) is 11.2 Å². The van der Waals surface area contributed by atoms with Crippen LogP contribution in [0.5, 0.6) is 0 Å². The highest BCUT2D eigenvalue weighted by molar-refractivity contribution is 6.42. The van der Waals surface area contributed by atoms with Gasteiger partial charge in [0, 0.05) is 13.0 Å². The molecule has 6 heteroatoms. The molecule has 136 valence electrons. The number of halogens is 2. The molecule has 4 nitrogen and oxygen atoms in total. The standard InChI is InChI=1S/C20H19Cl2NO3/c21-16-9-7-14(12-17(16)22)18-6-3-11-23(18)19(24)10-8-13-4-1-2-5-15(13)20(25)26/h1-2,4-5,7,9,12,18H,3,6,8,10-11H2,(H,25,26). The van der Waals surface area contributed by atoms with Gasteiger partial charge >= 0.3 is 5.97 Å². The Balaban J connectivity index is 1.71. The van der Waals surface area contributed by atoms with E-state index in [1.807, 2.05) is 17.0 Å². The minimum atomic E-state index is -0.970. The number of carboxylic acids is 1. The second-order valence-electron chi connectivity index (χ2n) is 6.38. The van der Waals surface area contributed by atoms with Gasteiger partial charge in [0.15, 0.2) is 0 Å².